The topological polar surface area (TPSA) is 72.5 Å². The Bertz CT molecular complexity index is 326. The molecule has 0 unspecified atom stereocenters. The van der Waals surface area contributed by atoms with Crippen LogP contribution in [0.5, 0.6) is 0 Å². The highest BCUT2D eigenvalue weighted by atomic mass is 32.2. The highest BCUT2D eigenvalue weighted by Gasteiger charge is 2.25. The predicted octanol–water partition coefficient (Wildman–Crippen LogP) is 1.36. The van der Waals surface area contributed by atoms with Gasteiger partial charge < -0.3 is 10.1 Å². The number of ether oxygens (including phenoxy) is 1. The lowest BCUT2D eigenvalue weighted by Gasteiger charge is -2.23. The molecular formula is C12H21NO4S. The Balaban J connectivity index is 4.18. The van der Waals surface area contributed by atoms with Crippen molar-refractivity contribution in [2.75, 3.05) is 13.7 Å². The number of hydrogen-bond donors (Lipinski definition) is 1. The van der Waals surface area contributed by atoms with Crippen molar-refractivity contribution < 1.29 is 19.1 Å². The quantitative estimate of drug-likeness (QED) is 0.585. The predicted molar refractivity (Wildman–Crippen MR) is 71.2 cm³/mol. The number of esters is 1. The van der Waals surface area contributed by atoms with Gasteiger partial charge in [0.25, 0.3) is 0 Å². The number of hydrogen-bond acceptors (Lipinski definition) is 5. The summed E-state index contributed by atoms with van der Waals surface area (Å²) in [6, 6.07) is 0. The van der Waals surface area contributed by atoms with Gasteiger partial charge in [0.2, 0.25) is 11.0 Å². The van der Waals surface area contributed by atoms with Gasteiger partial charge in [0.1, 0.15) is 6.42 Å². The molecule has 0 bridgehead atoms. The highest BCUT2D eigenvalue weighted by Crippen LogP contribution is 2.25. The molecular weight excluding hydrogens is 254 g/mol. The minimum absolute atomic E-state index is 0.0518. The van der Waals surface area contributed by atoms with E-state index >= 15 is 0 Å². The van der Waals surface area contributed by atoms with Crippen molar-refractivity contribution in [3.8, 4) is 0 Å². The zero-order valence-electron chi connectivity index (χ0n) is 11.5. The van der Waals surface area contributed by atoms with Crippen molar-refractivity contribution in [2.45, 2.75) is 38.9 Å². The van der Waals surface area contributed by atoms with Gasteiger partial charge in [-0.15, -0.1) is 0 Å². The standard InChI is InChI=1S/C12H21NO4S/c1-8(2)11(16)13-7-12(3,4)18-10(15)6-9(14)17-5/h8H,6-7H2,1-5H3,(H,13,16). The number of rotatable bonds is 6. The smallest absolute Gasteiger partial charge is 0.313 e. The third-order valence-electron chi connectivity index (χ3n) is 2.12. The van der Waals surface area contributed by atoms with Crippen LogP contribution >= 0.6 is 11.8 Å². The summed E-state index contributed by atoms with van der Waals surface area (Å²) in [5.41, 5.74) is 0. The molecule has 1 N–H and O–H groups in total. The molecule has 0 fully saturated rings. The molecule has 0 saturated heterocycles. The SMILES string of the molecule is COC(=O)CC(=O)SC(C)(C)CNC(=O)C(C)C. The Hall–Kier alpha value is -1.04. The van der Waals surface area contributed by atoms with E-state index in [0.29, 0.717) is 6.54 Å². The summed E-state index contributed by atoms with van der Waals surface area (Å²) in [7, 11) is 1.24. The molecule has 0 atom stereocenters. The van der Waals surface area contributed by atoms with E-state index in [9.17, 15) is 14.4 Å². The molecule has 18 heavy (non-hydrogen) atoms. The summed E-state index contributed by atoms with van der Waals surface area (Å²) in [5.74, 6) is -0.685. The van der Waals surface area contributed by atoms with Gasteiger partial charge in [-0.2, -0.15) is 0 Å². The summed E-state index contributed by atoms with van der Waals surface area (Å²) in [5, 5.41) is 2.51. The van der Waals surface area contributed by atoms with E-state index in [1.54, 1.807) is 13.8 Å². The van der Waals surface area contributed by atoms with Crippen LogP contribution in [0.25, 0.3) is 0 Å². The summed E-state index contributed by atoms with van der Waals surface area (Å²) in [6.07, 6.45) is -0.247. The minimum atomic E-state index is -0.547. The van der Waals surface area contributed by atoms with Crippen LogP contribution in [0.15, 0.2) is 0 Å². The third-order valence-corrected chi connectivity index (χ3v) is 3.19. The fourth-order valence-corrected chi connectivity index (χ4v) is 2.03. The van der Waals surface area contributed by atoms with Crippen LogP contribution in [-0.2, 0) is 19.1 Å². The molecule has 0 heterocycles. The second-order valence-corrected chi connectivity index (χ2v) is 6.62. The monoisotopic (exact) mass is 275 g/mol. The van der Waals surface area contributed by atoms with Gasteiger partial charge in [-0.25, -0.2) is 0 Å². The van der Waals surface area contributed by atoms with Gasteiger partial charge in [-0.1, -0.05) is 25.6 Å². The van der Waals surface area contributed by atoms with Crippen molar-refractivity contribution in [2.24, 2.45) is 5.92 Å². The fraction of sp³-hybridized carbons (Fsp3) is 0.750. The van der Waals surface area contributed by atoms with Gasteiger partial charge in [0.05, 0.1) is 7.11 Å². The molecule has 104 valence electrons. The van der Waals surface area contributed by atoms with E-state index in [4.69, 9.17) is 0 Å². The van der Waals surface area contributed by atoms with Gasteiger partial charge >= 0.3 is 5.97 Å². The first kappa shape index (κ1) is 17.0. The molecule has 0 radical (unpaired) electrons. The molecule has 5 nitrogen and oxygen atoms in total. The van der Waals surface area contributed by atoms with Crippen LogP contribution in [-0.4, -0.2) is 35.4 Å². The van der Waals surface area contributed by atoms with Crippen molar-refractivity contribution >= 4 is 28.8 Å². The number of carbonyl (C=O) groups is 3. The zero-order chi connectivity index (χ0) is 14.3. The maximum absolute atomic E-state index is 11.6. The normalized spacial score (nSPS) is 11.2. The van der Waals surface area contributed by atoms with E-state index in [1.165, 1.54) is 7.11 Å². The lowest BCUT2D eigenvalue weighted by molar-refractivity contribution is -0.142. The second-order valence-electron chi connectivity index (χ2n) is 4.86. The van der Waals surface area contributed by atoms with Crippen LogP contribution < -0.4 is 5.32 Å². The van der Waals surface area contributed by atoms with Crippen molar-refractivity contribution in [1.82, 2.24) is 5.32 Å². The number of amides is 1. The van der Waals surface area contributed by atoms with Crippen LogP contribution in [0.3, 0.4) is 0 Å². The van der Waals surface area contributed by atoms with Crippen molar-refractivity contribution in [3.05, 3.63) is 0 Å². The summed E-state index contributed by atoms with van der Waals surface area (Å²) >= 11 is 1.04. The Morgan fingerprint density at radius 2 is 1.83 bits per heavy atom. The van der Waals surface area contributed by atoms with E-state index in [1.807, 2.05) is 13.8 Å². The van der Waals surface area contributed by atoms with E-state index in [2.05, 4.69) is 10.1 Å². The lowest BCUT2D eigenvalue weighted by atomic mass is 10.1. The lowest BCUT2D eigenvalue weighted by Crippen LogP contribution is -2.39. The van der Waals surface area contributed by atoms with Gasteiger partial charge in [0, 0.05) is 17.2 Å². The van der Waals surface area contributed by atoms with Crippen LogP contribution in [0.4, 0.5) is 0 Å². The first-order valence-corrected chi connectivity index (χ1v) is 6.56. The molecule has 0 saturated carbocycles. The largest absolute Gasteiger partial charge is 0.469 e. The van der Waals surface area contributed by atoms with Gasteiger partial charge in [0.15, 0.2) is 0 Å². The highest BCUT2D eigenvalue weighted by molar-refractivity contribution is 8.14. The average molecular weight is 275 g/mol. The minimum Gasteiger partial charge on any atom is -0.469 e. The van der Waals surface area contributed by atoms with Crippen LogP contribution in [0.2, 0.25) is 0 Å². The summed E-state index contributed by atoms with van der Waals surface area (Å²) in [4.78, 5) is 33.9. The third kappa shape index (κ3) is 7.32. The van der Waals surface area contributed by atoms with Crippen LogP contribution in [0.1, 0.15) is 34.1 Å². The molecule has 0 aromatic carbocycles. The number of methoxy groups -OCH3 is 1. The molecule has 1 amide bonds. The summed E-state index contributed by atoms with van der Waals surface area (Å²) in [6.45, 7) is 7.66. The first-order chi connectivity index (χ1) is 8.18. The fourth-order valence-electron chi connectivity index (χ4n) is 1.07. The van der Waals surface area contributed by atoms with Crippen molar-refractivity contribution in [3.63, 3.8) is 0 Å². The first-order valence-electron chi connectivity index (χ1n) is 5.74. The second kappa shape index (κ2) is 7.41. The number of thioether (sulfide) groups is 1. The molecule has 0 aliphatic heterocycles. The van der Waals surface area contributed by atoms with Gasteiger partial charge in [-0.05, 0) is 13.8 Å². The molecule has 6 heteroatoms. The van der Waals surface area contributed by atoms with Gasteiger partial charge in [-0.3, -0.25) is 14.4 Å². The Labute approximate surface area is 112 Å². The molecule has 0 aliphatic rings. The molecule has 0 rings (SSSR count). The zero-order valence-corrected chi connectivity index (χ0v) is 12.3. The van der Waals surface area contributed by atoms with E-state index in [-0.39, 0.29) is 23.4 Å². The maximum atomic E-state index is 11.6. The average Bonchev–Trinajstić information content (AvgIpc) is 2.24. The molecule has 0 aromatic heterocycles. The Morgan fingerprint density at radius 1 is 1.28 bits per heavy atom. The van der Waals surface area contributed by atoms with E-state index in [0.717, 1.165) is 11.8 Å². The molecule has 0 aromatic rings. The number of carbonyl (C=O) groups excluding carboxylic acids is 3. The molecule has 0 spiro atoms. The Morgan fingerprint density at radius 3 is 2.28 bits per heavy atom. The Kier molecular flexibility index (Phi) is 6.98. The van der Waals surface area contributed by atoms with E-state index < -0.39 is 10.7 Å². The maximum Gasteiger partial charge on any atom is 0.313 e. The van der Waals surface area contributed by atoms with Crippen molar-refractivity contribution in [1.29, 1.82) is 0 Å². The molecule has 0 aliphatic carbocycles. The number of nitrogens with one attached hydrogen (secondary N) is 1. The summed E-state index contributed by atoms with van der Waals surface area (Å²) < 4.78 is 3.97. The van der Waals surface area contributed by atoms with Crippen LogP contribution in [0, 0.1) is 5.92 Å².